The Labute approximate surface area is 307 Å². The zero-order chi connectivity index (χ0) is 35.8. The zero-order valence-corrected chi connectivity index (χ0v) is 30.7. The summed E-state index contributed by atoms with van der Waals surface area (Å²) in [4.78, 5) is 26.0. The van der Waals surface area contributed by atoms with Gasteiger partial charge in [-0.05, 0) is 0 Å². The molecular weight excluding hydrogens is 670 g/mol. The molecule has 0 atom stereocenters. The van der Waals surface area contributed by atoms with Crippen molar-refractivity contribution in [1.82, 2.24) is 0 Å². The van der Waals surface area contributed by atoms with Crippen LogP contribution in [0.1, 0.15) is 0 Å². The van der Waals surface area contributed by atoms with Gasteiger partial charge in [0, 0.05) is 0 Å². The minimum atomic E-state index is -3.82. The van der Waals surface area contributed by atoms with Gasteiger partial charge in [-0.15, -0.1) is 0 Å². The van der Waals surface area contributed by atoms with Crippen LogP contribution in [0, 0.1) is 0 Å². The van der Waals surface area contributed by atoms with Crippen molar-refractivity contribution < 1.29 is 9.79 Å². The summed E-state index contributed by atoms with van der Waals surface area (Å²) in [7, 11) is 0. The molecule has 8 aromatic rings. The van der Waals surface area contributed by atoms with Gasteiger partial charge in [-0.25, -0.2) is 0 Å². The molecule has 0 heterocycles. The summed E-state index contributed by atoms with van der Waals surface area (Å²) in [5, 5.41) is 7.57. The molecule has 8 rings (SSSR count). The molecule has 0 amide bonds. The maximum absolute atomic E-state index is 13.0. The van der Waals surface area contributed by atoms with E-state index in [2.05, 4.69) is 0 Å². The van der Waals surface area contributed by atoms with E-state index in [0.29, 0.717) is 0 Å². The standard InChI is InChI=1S/2C24H21OP/c2*25-26(21-13-5-1-6-14-21,22-15-7-2-8-16-22,23-17-9-3-10-18-23)24-19-11-4-12-20-24/h2*1-20,25H. The molecule has 0 aliphatic rings. The van der Waals surface area contributed by atoms with Crippen LogP contribution >= 0.6 is 13.7 Å². The molecule has 0 unspecified atom stereocenters. The van der Waals surface area contributed by atoms with Crippen molar-refractivity contribution in [3.8, 4) is 0 Å². The monoisotopic (exact) mass is 712 g/mol. The first-order valence-corrected chi connectivity index (χ1v) is 21.9. The topological polar surface area (TPSA) is 40.5 Å². The van der Waals surface area contributed by atoms with E-state index in [0.717, 1.165) is 42.4 Å². The average molecular weight is 713 g/mol. The maximum atomic E-state index is 13.0. The normalized spacial score (nSPS) is 12.9. The Morgan fingerprint density at radius 2 is 0.269 bits per heavy atom. The summed E-state index contributed by atoms with van der Waals surface area (Å²) in [5.74, 6) is 0. The van der Waals surface area contributed by atoms with Crippen LogP contribution in [-0.2, 0) is 0 Å². The first kappa shape index (κ1) is 35.0. The van der Waals surface area contributed by atoms with Gasteiger partial charge in [0.25, 0.3) is 0 Å². The Balaban J connectivity index is 0.000000162. The Morgan fingerprint density at radius 3 is 0.365 bits per heavy atom. The Hall–Kier alpha value is -5.46. The van der Waals surface area contributed by atoms with Gasteiger partial charge < -0.3 is 0 Å². The fourth-order valence-electron chi connectivity index (χ4n) is 7.53. The number of hydrogen-bond acceptors (Lipinski definition) is 2. The molecule has 256 valence electrons. The van der Waals surface area contributed by atoms with Crippen LogP contribution in [0.4, 0.5) is 0 Å². The predicted molar refractivity (Wildman–Crippen MR) is 227 cm³/mol. The van der Waals surface area contributed by atoms with Gasteiger partial charge in [0.15, 0.2) is 0 Å². The Kier molecular flexibility index (Phi) is 9.85. The molecule has 2 N–H and O–H groups in total. The quantitative estimate of drug-likeness (QED) is 0.160. The second kappa shape index (κ2) is 14.6. The van der Waals surface area contributed by atoms with Crippen molar-refractivity contribution in [1.29, 1.82) is 0 Å². The van der Waals surface area contributed by atoms with Gasteiger partial charge in [-0.2, -0.15) is 0 Å². The van der Waals surface area contributed by atoms with Crippen LogP contribution in [-0.4, -0.2) is 9.79 Å². The van der Waals surface area contributed by atoms with Crippen LogP contribution in [0.25, 0.3) is 0 Å². The predicted octanol–water partition coefficient (Wildman–Crippen LogP) is 7.50. The van der Waals surface area contributed by atoms with E-state index < -0.39 is 13.7 Å². The van der Waals surface area contributed by atoms with Crippen molar-refractivity contribution >= 4 is 56.1 Å². The molecule has 0 saturated carbocycles. The first-order chi connectivity index (χ1) is 25.5. The molecule has 52 heavy (non-hydrogen) atoms. The number of benzene rings is 8. The number of hydrogen-bond donors (Lipinski definition) is 2. The van der Waals surface area contributed by atoms with Gasteiger partial charge in [-0.3, -0.25) is 0 Å². The van der Waals surface area contributed by atoms with Crippen molar-refractivity contribution in [2.24, 2.45) is 0 Å². The van der Waals surface area contributed by atoms with E-state index in [1.165, 1.54) is 0 Å². The fourth-order valence-corrected chi connectivity index (χ4v) is 17.1. The summed E-state index contributed by atoms with van der Waals surface area (Å²) in [6.07, 6.45) is 0. The molecule has 0 radical (unpaired) electrons. The van der Waals surface area contributed by atoms with Crippen LogP contribution in [0.5, 0.6) is 0 Å². The fraction of sp³-hybridized carbons (Fsp3) is 0. The van der Waals surface area contributed by atoms with Gasteiger partial charge in [0.2, 0.25) is 0 Å². The summed E-state index contributed by atoms with van der Waals surface area (Å²) in [6.45, 7) is -7.63. The molecule has 2 nitrogen and oxygen atoms in total. The first-order valence-electron chi connectivity index (χ1n) is 17.5. The van der Waals surface area contributed by atoms with Crippen LogP contribution in [0.15, 0.2) is 243 Å². The molecule has 4 heteroatoms. The van der Waals surface area contributed by atoms with Crippen molar-refractivity contribution in [3.05, 3.63) is 243 Å². The van der Waals surface area contributed by atoms with E-state index in [1.807, 2.05) is 243 Å². The third-order valence-corrected chi connectivity index (χ3v) is 20.5. The Bertz CT molecular complexity index is 1800. The molecular formula is C48H42O2P2. The molecule has 0 aliphatic carbocycles. The second-order valence-electron chi connectivity index (χ2n) is 12.8. The molecule has 0 bridgehead atoms. The van der Waals surface area contributed by atoms with Gasteiger partial charge >= 0.3 is 309 Å². The van der Waals surface area contributed by atoms with Gasteiger partial charge in [0.05, 0.1) is 0 Å². The van der Waals surface area contributed by atoms with Crippen molar-refractivity contribution in [3.63, 3.8) is 0 Å². The third-order valence-electron chi connectivity index (χ3n) is 10.1. The molecule has 8 aromatic carbocycles. The van der Waals surface area contributed by atoms with Gasteiger partial charge in [0.1, 0.15) is 0 Å². The molecule has 0 aliphatic heterocycles. The van der Waals surface area contributed by atoms with E-state index in [9.17, 15) is 9.79 Å². The average Bonchev–Trinajstić information content (AvgIpc) is 3.26. The van der Waals surface area contributed by atoms with E-state index in [1.54, 1.807) is 0 Å². The molecule has 0 saturated heterocycles. The van der Waals surface area contributed by atoms with Crippen molar-refractivity contribution in [2.45, 2.75) is 0 Å². The molecule has 0 spiro atoms. The molecule has 0 fully saturated rings. The Morgan fingerprint density at radius 1 is 0.173 bits per heavy atom. The summed E-state index contributed by atoms with van der Waals surface area (Å²) in [5.41, 5.74) is 0. The summed E-state index contributed by atoms with van der Waals surface area (Å²) < 4.78 is 0. The van der Waals surface area contributed by atoms with Crippen LogP contribution < -0.4 is 42.4 Å². The van der Waals surface area contributed by atoms with E-state index >= 15 is 0 Å². The molecule has 0 aromatic heterocycles. The van der Waals surface area contributed by atoms with E-state index in [-0.39, 0.29) is 0 Å². The minimum absolute atomic E-state index is 0.946. The number of rotatable bonds is 8. The zero-order valence-electron chi connectivity index (χ0n) is 28.9. The third kappa shape index (κ3) is 5.62. The SMILES string of the molecule is OP(c1ccccc1)(c1ccccc1)(c1ccccc1)c1ccccc1.OP(c1ccccc1)(c1ccccc1)(c1ccccc1)c1ccccc1. The second-order valence-corrected chi connectivity index (χ2v) is 21.2. The van der Waals surface area contributed by atoms with E-state index in [4.69, 9.17) is 0 Å². The van der Waals surface area contributed by atoms with Crippen molar-refractivity contribution in [2.75, 3.05) is 0 Å². The van der Waals surface area contributed by atoms with Crippen LogP contribution in [0.3, 0.4) is 0 Å². The summed E-state index contributed by atoms with van der Waals surface area (Å²) in [6, 6.07) is 80.7. The summed E-state index contributed by atoms with van der Waals surface area (Å²) >= 11 is 0. The van der Waals surface area contributed by atoms with Crippen LogP contribution in [0.2, 0.25) is 0 Å². The van der Waals surface area contributed by atoms with Gasteiger partial charge in [-0.1, -0.05) is 0 Å².